The van der Waals surface area contributed by atoms with E-state index in [-0.39, 0.29) is 0 Å². The third kappa shape index (κ3) is 6.74. The van der Waals surface area contributed by atoms with Crippen LogP contribution in [0.5, 0.6) is 0 Å². The molecule has 0 aromatic heterocycles. The second-order valence-corrected chi connectivity index (χ2v) is 5.69. The summed E-state index contributed by atoms with van der Waals surface area (Å²) in [4.78, 5) is 0. The molecule has 0 spiro atoms. The Morgan fingerprint density at radius 2 is 1.79 bits per heavy atom. The fourth-order valence-electron chi connectivity index (χ4n) is 2.27. The van der Waals surface area contributed by atoms with E-state index >= 15 is 0 Å². The Bertz CT molecular complexity index is 323. The maximum atomic E-state index is 6.00. The smallest absolute Gasteiger partial charge is 0.0665 e. The highest BCUT2D eigenvalue weighted by molar-refractivity contribution is 5.18. The highest BCUT2D eigenvalue weighted by Gasteiger charge is 2.13. The maximum Gasteiger partial charge on any atom is 0.0665 e. The summed E-state index contributed by atoms with van der Waals surface area (Å²) >= 11 is 0. The molecule has 0 aliphatic carbocycles. The van der Waals surface area contributed by atoms with Crippen molar-refractivity contribution in [2.45, 2.75) is 52.7 Å². The molecule has 19 heavy (non-hydrogen) atoms. The van der Waals surface area contributed by atoms with Crippen LogP contribution in [-0.4, -0.2) is 19.3 Å². The van der Waals surface area contributed by atoms with E-state index in [0.29, 0.717) is 18.1 Å². The second kappa shape index (κ2) is 9.11. The van der Waals surface area contributed by atoms with Gasteiger partial charge in [0.1, 0.15) is 0 Å². The zero-order valence-electron chi connectivity index (χ0n) is 12.9. The van der Waals surface area contributed by atoms with Crippen molar-refractivity contribution in [2.24, 2.45) is 5.92 Å². The van der Waals surface area contributed by atoms with Gasteiger partial charge >= 0.3 is 0 Å². The lowest BCUT2D eigenvalue weighted by molar-refractivity contribution is 0.0371. The van der Waals surface area contributed by atoms with E-state index < -0.39 is 0 Å². The van der Waals surface area contributed by atoms with Crippen molar-refractivity contribution in [1.29, 1.82) is 0 Å². The normalized spacial score (nSPS) is 14.6. The molecule has 2 unspecified atom stereocenters. The molecule has 0 saturated carbocycles. The molecule has 0 fully saturated rings. The number of benzene rings is 1. The van der Waals surface area contributed by atoms with Gasteiger partial charge in [-0.3, -0.25) is 0 Å². The van der Waals surface area contributed by atoms with Gasteiger partial charge in [0.2, 0.25) is 0 Å². The molecule has 0 aliphatic rings. The van der Waals surface area contributed by atoms with Gasteiger partial charge in [0, 0.05) is 0 Å². The number of hydrogen-bond donors (Lipinski definition) is 1. The van der Waals surface area contributed by atoms with Gasteiger partial charge in [-0.2, -0.15) is 0 Å². The molecular formula is C17H29NO. The molecule has 2 heteroatoms. The van der Waals surface area contributed by atoms with Crippen LogP contribution in [0, 0.1) is 5.92 Å². The fourth-order valence-corrected chi connectivity index (χ4v) is 2.27. The van der Waals surface area contributed by atoms with Gasteiger partial charge in [0.25, 0.3) is 0 Å². The van der Waals surface area contributed by atoms with E-state index in [4.69, 9.17) is 4.74 Å². The minimum atomic E-state index is 0.302. The van der Waals surface area contributed by atoms with Gasteiger partial charge in [0.15, 0.2) is 0 Å². The highest BCUT2D eigenvalue weighted by Crippen LogP contribution is 2.15. The van der Waals surface area contributed by atoms with Gasteiger partial charge in [-0.25, -0.2) is 0 Å². The van der Waals surface area contributed by atoms with Crippen LogP contribution < -0.4 is 5.32 Å². The number of ether oxygens (including phenoxy) is 1. The quantitative estimate of drug-likeness (QED) is 0.721. The third-order valence-electron chi connectivity index (χ3n) is 3.19. The summed E-state index contributed by atoms with van der Waals surface area (Å²) in [5.74, 6) is 0.689. The van der Waals surface area contributed by atoms with Gasteiger partial charge in [-0.1, -0.05) is 51.1 Å². The molecule has 1 rings (SSSR count). The summed E-state index contributed by atoms with van der Waals surface area (Å²) in [5.41, 5.74) is 1.31. The largest absolute Gasteiger partial charge is 0.377 e. The number of hydrogen-bond acceptors (Lipinski definition) is 2. The Balaban J connectivity index is 2.50. The minimum absolute atomic E-state index is 0.302. The average Bonchev–Trinajstić information content (AvgIpc) is 2.39. The molecule has 0 radical (unpaired) electrons. The summed E-state index contributed by atoms with van der Waals surface area (Å²) < 4.78 is 6.00. The second-order valence-electron chi connectivity index (χ2n) is 5.69. The first kappa shape index (κ1) is 16.2. The first-order chi connectivity index (χ1) is 9.13. The van der Waals surface area contributed by atoms with Crippen molar-refractivity contribution in [1.82, 2.24) is 5.32 Å². The zero-order valence-corrected chi connectivity index (χ0v) is 12.9. The number of nitrogens with one attached hydrogen (secondary N) is 1. The monoisotopic (exact) mass is 263 g/mol. The van der Waals surface area contributed by atoms with Crippen molar-refractivity contribution >= 4 is 0 Å². The Morgan fingerprint density at radius 1 is 1.11 bits per heavy atom. The van der Waals surface area contributed by atoms with Crippen molar-refractivity contribution in [2.75, 3.05) is 13.2 Å². The van der Waals surface area contributed by atoms with Crippen LogP contribution in [0.1, 0.15) is 52.1 Å². The summed E-state index contributed by atoms with van der Waals surface area (Å²) in [5, 5.41) is 3.57. The average molecular weight is 263 g/mol. The third-order valence-corrected chi connectivity index (χ3v) is 3.19. The molecule has 2 nitrogen and oxygen atoms in total. The standard InChI is InChI=1S/C17H29NO/c1-5-11-18-17(16-9-7-6-8-10-16)13-19-15(4)12-14(2)3/h6-10,14-15,17-18H,5,11-13H2,1-4H3. The topological polar surface area (TPSA) is 21.3 Å². The van der Waals surface area contributed by atoms with E-state index in [1.807, 2.05) is 0 Å². The van der Waals surface area contributed by atoms with E-state index in [1.54, 1.807) is 0 Å². The van der Waals surface area contributed by atoms with Crippen LogP contribution in [0.15, 0.2) is 30.3 Å². The highest BCUT2D eigenvalue weighted by atomic mass is 16.5. The van der Waals surface area contributed by atoms with Crippen LogP contribution in [-0.2, 0) is 4.74 Å². The van der Waals surface area contributed by atoms with Gasteiger partial charge in [0.05, 0.1) is 18.8 Å². The lowest BCUT2D eigenvalue weighted by Gasteiger charge is -2.22. The molecule has 1 aromatic rings. The van der Waals surface area contributed by atoms with Gasteiger partial charge in [-0.15, -0.1) is 0 Å². The van der Waals surface area contributed by atoms with Gasteiger partial charge < -0.3 is 10.1 Å². The summed E-state index contributed by atoms with van der Waals surface area (Å²) in [6.07, 6.45) is 2.59. The lowest BCUT2D eigenvalue weighted by atomic mass is 10.1. The fraction of sp³-hybridized carbons (Fsp3) is 0.647. The molecule has 2 atom stereocenters. The summed E-state index contributed by atoms with van der Waals surface area (Å²) in [6, 6.07) is 10.9. The molecule has 0 heterocycles. The predicted octanol–water partition coefficient (Wildman–Crippen LogP) is 4.18. The van der Waals surface area contributed by atoms with Crippen LogP contribution >= 0.6 is 0 Å². The zero-order chi connectivity index (χ0) is 14.1. The van der Waals surface area contributed by atoms with Crippen molar-refractivity contribution in [3.8, 4) is 0 Å². The Kier molecular flexibility index (Phi) is 7.76. The van der Waals surface area contributed by atoms with Crippen molar-refractivity contribution in [3.05, 3.63) is 35.9 Å². The van der Waals surface area contributed by atoms with E-state index in [2.05, 4.69) is 63.3 Å². The van der Waals surface area contributed by atoms with Crippen molar-refractivity contribution in [3.63, 3.8) is 0 Å². The minimum Gasteiger partial charge on any atom is -0.377 e. The van der Waals surface area contributed by atoms with E-state index in [9.17, 15) is 0 Å². The molecule has 1 aromatic carbocycles. The van der Waals surface area contributed by atoms with E-state index in [0.717, 1.165) is 26.0 Å². The molecule has 108 valence electrons. The number of rotatable bonds is 9. The van der Waals surface area contributed by atoms with Crippen LogP contribution in [0.2, 0.25) is 0 Å². The van der Waals surface area contributed by atoms with Crippen LogP contribution in [0.3, 0.4) is 0 Å². The molecular weight excluding hydrogens is 234 g/mol. The summed E-state index contributed by atoms with van der Waals surface area (Å²) in [6.45, 7) is 10.6. The first-order valence-corrected chi connectivity index (χ1v) is 7.53. The lowest BCUT2D eigenvalue weighted by Crippen LogP contribution is -2.28. The first-order valence-electron chi connectivity index (χ1n) is 7.53. The van der Waals surface area contributed by atoms with Crippen LogP contribution in [0.4, 0.5) is 0 Å². The molecule has 0 saturated heterocycles. The predicted molar refractivity (Wildman–Crippen MR) is 82.3 cm³/mol. The summed E-state index contributed by atoms with van der Waals surface area (Å²) in [7, 11) is 0. The van der Waals surface area contributed by atoms with Crippen molar-refractivity contribution < 1.29 is 4.74 Å². The SMILES string of the molecule is CCCNC(COC(C)CC(C)C)c1ccccc1. The Labute approximate surface area is 118 Å². The van der Waals surface area contributed by atoms with Gasteiger partial charge in [-0.05, 0) is 37.8 Å². The molecule has 1 N–H and O–H groups in total. The molecule has 0 aliphatic heterocycles. The van der Waals surface area contributed by atoms with Crippen LogP contribution in [0.25, 0.3) is 0 Å². The van der Waals surface area contributed by atoms with E-state index in [1.165, 1.54) is 5.56 Å². The Hall–Kier alpha value is -0.860. The molecule has 0 bridgehead atoms. The maximum absolute atomic E-state index is 6.00. The molecule has 0 amide bonds. The Morgan fingerprint density at radius 3 is 2.37 bits per heavy atom.